The number of aryl methyl sites for hydroxylation is 1. The van der Waals surface area contributed by atoms with Gasteiger partial charge in [0.25, 0.3) is 0 Å². The topological polar surface area (TPSA) is 28.7 Å². The first-order valence-electron chi connectivity index (χ1n) is 6.43. The third-order valence-electron chi connectivity index (χ3n) is 4.10. The van der Waals surface area contributed by atoms with Crippen LogP contribution in [-0.4, -0.2) is 9.97 Å². The van der Waals surface area contributed by atoms with Crippen LogP contribution in [0.4, 0.5) is 0 Å². The number of H-pyrrole nitrogens is 1. The van der Waals surface area contributed by atoms with Gasteiger partial charge >= 0.3 is 0 Å². The van der Waals surface area contributed by atoms with Gasteiger partial charge in [0.2, 0.25) is 0 Å². The maximum absolute atomic E-state index is 4.86. The Morgan fingerprint density at radius 1 is 1.13 bits per heavy atom. The Kier molecular flexibility index (Phi) is 2.30. The van der Waals surface area contributed by atoms with Gasteiger partial charge in [-0.1, -0.05) is 19.8 Å². The van der Waals surface area contributed by atoms with Crippen molar-refractivity contribution >= 4 is 0 Å². The Labute approximate surface area is 91.5 Å². The first-order valence-corrected chi connectivity index (χ1v) is 6.43. The zero-order chi connectivity index (χ0) is 10.3. The fraction of sp³-hybridized carbons (Fsp3) is 0.769. The molecular formula is C13H20N2. The van der Waals surface area contributed by atoms with Crippen LogP contribution in [0.15, 0.2) is 0 Å². The van der Waals surface area contributed by atoms with E-state index < -0.39 is 0 Å². The molecule has 1 heterocycles. The van der Waals surface area contributed by atoms with Crippen LogP contribution in [-0.2, 0) is 6.42 Å². The minimum absolute atomic E-state index is 0.681. The molecule has 2 aliphatic rings. The average Bonchev–Trinajstić information content (AvgIpc) is 2.86. The second kappa shape index (κ2) is 3.66. The van der Waals surface area contributed by atoms with Gasteiger partial charge in [-0.3, -0.25) is 0 Å². The Hall–Kier alpha value is -0.790. The Balaban J connectivity index is 1.90. The lowest BCUT2D eigenvalue weighted by Gasteiger charge is -2.15. The average molecular weight is 204 g/mol. The summed E-state index contributed by atoms with van der Waals surface area (Å²) in [4.78, 5) is 8.45. The SMILES string of the molecule is CC1CCCc2[nH]c(C3CCCC3)nc21. The van der Waals surface area contributed by atoms with E-state index in [2.05, 4.69) is 11.9 Å². The van der Waals surface area contributed by atoms with E-state index in [0.29, 0.717) is 5.92 Å². The lowest BCUT2D eigenvalue weighted by atomic mass is 9.92. The molecule has 0 spiro atoms. The number of hydrogen-bond acceptors (Lipinski definition) is 1. The van der Waals surface area contributed by atoms with Crippen LogP contribution in [0.3, 0.4) is 0 Å². The van der Waals surface area contributed by atoms with E-state index in [1.165, 1.54) is 62.2 Å². The normalized spacial score (nSPS) is 26.9. The van der Waals surface area contributed by atoms with Gasteiger partial charge in [-0.2, -0.15) is 0 Å². The molecule has 82 valence electrons. The van der Waals surface area contributed by atoms with Gasteiger partial charge in [0, 0.05) is 17.5 Å². The monoisotopic (exact) mass is 204 g/mol. The summed E-state index contributed by atoms with van der Waals surface area (Å²) in [6, 6.07) is 0. The van der Waals surface area contributed by atoms with Gasteiger partial charge in [-0.05, 0) is 32.1 Å². The number of nitrogens with one attached hydrogen (secondary N) is 1. The quantitative estimate of drug-likeness (QED) is 0.745. The van der Waals surface area contributed by atoms with E-state index in [1.807, 2.05) is 0 Å². The van der Waals surface area contributed by atoms with E-state index in [9.17, 15) is 0 Å². The maximum atomic E-state index is 4.86. The molecule has 0 aliphatic heterocycles. The fourth-order valence-electron chi connectivity index (χ4n) is 3.16. The molecule has 1 aromatic heterocycles. The molecule has 2 aliphatic carbocycles. The van der Waals surface area contributed by atoms with Crippen molar-refractivity contribution < 1.29 is 0 Å². The number of nitrogens with zero attached hydrogens (tertiary/aromatic N) is 1. The van der Waals surface area contributed by atoms with Crippen molar-refractivity contribution in [1.29, 1.82) is 0 Å². The summed E-state index contributed by atoms with van der Waals surface area (Å²) in [5.41, 5.74) is 2.82. The number of aromatic amines is 1. The van der Waals surface area contributed by atoms with Gasteiger partial charge in [0.1, 0.15) is 5.82 Å². The molecule has 1 atom stereocenters. The zero-order valence-corrected chi connectivity index (χ0v) is 9.55. The van der Waals surface area contributed by atoms with Crippen molar-refractivity contribution in [3.05, 3.63) is 17.2 Å². The van der Waals surface area contributed by atoms with E-state index in [4.69, 9.17) is 4.98 Å². The summed E-state index contributed by atoms with van der Waals surface area (Å²) in [6.45, 7) is 2.32. The Bertz CT molecular complexity index is 347. The van der Waals surface area contributed by atoms with Crippen molar-refractivity contribution in [3.8, 4) is 0 Å². The molecule has 2 nitrogen and oxygen atoms in total. The summed E-state index contributed by atoms with van der Waals surface area (Å²) < 4.78 is 0. The van der Waals surface area contributed by atoms with Crippen LogP contribution in [0, 0.1) is 0 Å². The van der Waals surface area contributed by atoms with Gasteiger partial charge in [0.15, 0.2) is 0 Å². The van der Waals surface area contributed by atoms with Crippen LogP contribution >= 0.6 is 0 Å². The summed E-state index contributed by atoms with van der Waals surface area (Å²) in [7, 11) is 0. The number of fused-ring (bicyclic) bond motifs is 1. The van der Waals surface area contributed by atoms with Crippen LogP contribution < -0.4 is 0 Å². The van der Waals surface area contributed by atoms with E-state index in [0.717, 1.165) is 5.92 Å². The highest BCUT2D eigenvalue weighted by Crippen LogP contribution is 2.36. The molecule has 1 unspecified atom stereocenters. The molecule has 0 saturated heterocycles. The second-order valence-corrected chi connectivity index (χ2v) is 5.26. The van der Waals surface area contributed by atoms with Gasteiger partial charge < -0.3 is 4.98 Å². The molecule has 1 saturated carbocycles. The molecule has 1 fully saturated rings. The molecular weight excluding hydrogens is 184 g/mol. The van der Waals surface area contributed by atoms with Crippen LogP contribution in [0.2, 0.25) is 0 Å². The molecule has 0 radical (unpaired) electrons. The zero-order valence-electron chi connectivity index (χ0n) is 9.55. The van der Waals surface area contributed by atoms with Gasteiger partial charge in [-0.15, -0.1) is 0 Å². The number of hydrogen-bond donors (Lipinski definition) is 1. The Morgan fingerprint density at radius 3 is 2.67 bits per heavy atom. The fourth-order valence-corrected chi connectivity index (χ4v) is 3.16. The third kappa shape index (κ3) is 1.60. The molecule has 0 amide bonds. The lowest BCUT2D eigenvalue weighted by Crippen LogP contribution is -2.05. The van der Waals surface area contributed by atoms with Gasteiger partial charge in [0.05, 0.1) is 5.69 Å². The summed E-state index contributed by atoms with van der Waals surface area (Å²) in [5, 5.41) is 0. The summed E-state index contributed by atoms with van der Waals surface area (Å²) in [6.07, 6.45) is 9.36. The predicted molar refractivity (Wildman–Crippen MR) is 61.1 cm³/mol. The van der Waals surface area contributed by atoms with Crippen molar-refractivity contribution in [1.82, 2.24) is 9.97 Å². The minimum atomic E-state index is 0.681. The Morgan fingerprint density at radius 2 is 1.93 bits per heavy atom. The van der Waals surface area contributed by atoms with Crippen molar-refractivity contribution in [3.63, 3.8) is 0 Å². The number of imidazole rings is 1. The second-order valence-electron chi connectivity index (χ2n) is 5.26. The molecule has 1 N–H and O–H groups in total. The van der Waals surface area contributed by atoms with Crippen molar-refractivity contribution in [2.45, 2.75) is 63.7 Å². The van der Waals surface area contributed by atoms with Gasteiger partial charge in [-0.25, -0.2) is 4.98 Å². The molecule has 0 aromatic carbocycles. The molecule has 0 bridgehead atoms. The standard InChI is InChI=1S/C13H20N2/c1-9-5-4-8-11-12(9)15-13(14-11)10-6-2-3-7-10/h9-10H,2-8H2,1H3,(H,14,15). The highest BCUT2D eigenvalue weighted by Gasteiger charge is 2.25. The number of aromatic nitrogens is 2. The first-order chi connectivity index (χ1) is 7.34. The predicted octanol–water partition coefficient (Wildman–Crippen LogP) is 3.51. The highest BCUT2D eigenvalue weighted by atomic mass is 15.0. The highest BCUT2D eigenvalue weighted by molar-refractivity contribution is 5.23. The van der Waals surface area contributed by atoms with E-state index in [-0.39, 0.29) is 0 Å². The summed E-state index contributed by atoms with van der Waals surface area (Å²) >= 11 is 0. The van der Waals surface area contributed by atoms with Crippen LogP contribution in [0.5, 0.6) is 0 Å². The van der Waals surface area contributed by atoms with Crippen LogP contribution in [0.1, 0.15) is 74.5 Å². The van der Waals surface area contributed by atoms with E-state index in [1.54, 1.807) is 0 Å². The number of rotatable bonds is 1. The van der Waals surface area contributed by atoms with Crippen LogP contribution in [0.25, 0.3) is 0 Å². The van der Waals surface area contributed by atoms with Crippen molar-refractivity contribution in [2.75, 3.05) is 0 Å². The molecule has 3 rings (SSSR count). The summed E-state index contributed by atoms with van der Waals surface area (Å²) in [5.74, 6) is 2.72. The van der Waals surface area contributed by atoms with E-state index >= 15 is 0 Å². The first kappa shape index (κ1) is 9.44. The smallest absolute Gasteiger partial charge is 0.109 e. The maximum Gasteiger partial charge on any atom is 0.109 e. The largest absolute Gasteiger partial charge is 0.345 e. The molecule has 15 heavy (non-hydrogen) atoms. The molecule has 1 aromatic rings. The third-order valence-corrected chi connectivity index (χ3v) is 4.10. The molecule has 2 heteroatoms. The lowest BCUT2D eigenvalue weighted by molar-refractivity contribution is 0.574. The minimum Gasteiger partial charge on any atom is -0.345 e. The van der Waals surface area contributed by atoms with Crippen molar-refractivity contribution in [2.24, 2.45) is 0 Å².